The number of benzene rings is 1. The summed E-state index contributed by atoms with van der Waals surface area (Å²) in [6.07, 6.45) is 17.0. The predicted octanol–water partition coefficient (Wildman–Crippen LogP) is 13.2. The lowest BCUT2D eigenvalue weighted by atomic mass is 9.86. The highest BCUT2D eigenvalue weighted by atomic mass is 16.3. The van der Waals surface area contributed by atoms with Crippen molar-refractivity contribution in [1.29, 1.82) is 0 Å². The Bertz CT molecular complexity index is 1470. The predicted molar refractivity (Wildman–Crippen MR) is 282 cm³/mol. The molecule has 1 aromatic carbocycles. The number of hydrogen-bond acceptors (Lipinski definition) is 8. The Morgan fingerprint density at radius 2 is 1.32 bits per heavy atom. The minimum absolute atomic E-state index is 0.109. The van der Waals surface area contributed by atoms with Gasteiger partial charge in [0.15, 0.2) is 11.7 Å². The molecule has 1 aromatic rings. The Morgan fingerprint density at radius 1 is 0.903 bits per heavy atom. The van der Waals surface area contributed by atoms with E-state index in [1.807, 2.05) is 66.9 Å². The van der Waals surface area contributed by atoms with Crippen LogP contribution in [0.15, 0.2) is 94.3 Å². The lowest BCUT2D eigenvalue weighted by molar-refractivity contribution is -0.104. The van der Waals surface area contributed by atoms with Crippen LogP contribution in [0.3, 0.4) is 0 Å². The highest BCUT2D eigenvalue weighted by molar-refractivity contribution is 6.08. The summed E-state index contributed by atoms with van der Waals surface area (Å²) in [4.78, 5) is 21.8. The van der Waals surface area contributed by atoms with Gasteiger partial charge < -0.3 is 15.7 Å². The van der Waals surface area contributed by atoms with Crippen LogP contribution in [0, 0.1) is 36.0 Å². The largest absolute Gasteiger partial charge is 0.390 e. The molecule has 0 saturated heterocycles. The summed E-state index contributed by atoms with van der Waals surface area (Å²) in [6, 6.07) is 8.22. The second-order valence-electron chi connectivity index (χ2n) is 18.8. The summed E-state index contributed by atoms with van der Waals surface area (Å²) in [5.74, 6) is 4.41. The van der Waals surface area contributed by atoms with Crippen LogP contribution < -0.4 is 11.2 Å². The highest BCUT2D eigenvalue weighted by Gasteiger charge is 2.19. The van der Waals surface area contributed by atoms with E-state index in [2.05, 4.69) is 168 Å². The van der Waals surface area contributed by atoms with Crippen molar-refractivity contribution < 1.29 is 9.90 Å². The number of likely N-dealkylation sites (N-methyl/N-ethyl adjacent to an activating group) is 1. The molecule has 0 spiro atoms. The normalized spacial score (nSPS) is 13.2. The fraction of sp³-hybridized carbons (Fsp3) is 0.611. The monoisotopic (exact) mass is 865 g/mol. The molecule has 0 radical (unpaired) electrons. The van der Waals surface area contributed by atoms with Crippen molar-refractivity contribution >= 4 is 18.0 Å². The SMILES string of the molecule is C#C.C=C/C(=C\C=C(/C)C(C)(C)C)C(=C)C.CC.CC(C)C.CC(C)C(C)C.CCC(C)(C)O.CN(C)CCN.CNN1C(C)=NC(c2ccc(C(C)(C)C)cc2)=N/C1=C/C=O. The number of aldehydes is 1. The average Bonchev–Trinajstić information content (AvgIpc) is 3.16. The summed E-state index contributed by atoms with van der Waals surface area (Å²) in [5, 5.41) is 10.5. The van der Waals surface area contributed by atoms with E-state index in [-0.39, 0.29) is 10.8 Å². The van der Waals surface area contributed by atoms with Crippen molar-refractivity contribution in [3.63, 3.8) is 0 Å². The van der Waals surface area contributed by atoms with E-state index >= 15 is 0 Å². The topological polar surface area (TPSA) is 107 Å². The van der Waals surface area contributed by atoms with Crippen LogP contribution in [0.5, 0.6) is 0 Å². The number of nitrogens with zero attached hydrogens (tertiary/aromatic N) is 4. The molecule has 0 bridgehead atoms. The molecule has 1 aliphatic heterocycles. The number of nitrogens with one attached hydrogen (secondary N) is 1. The summed E-state index contributed by atoms with van der Waals surface area (Å²) in [6.45, 7) is 53.6. The minimum Gasteiger partial charge on any atom is -0.390 e. The summed E-state index contributed by atoms with van der Waals surface area (Å²) < 4.78 is 0. The van der Waals surface area contributed by atoms with Gasteiger partial charge in [-0.1, -0.05) is 178 Å². The molecule has 358 valence electrons. The maximum absolute atomic E-state index is 10.8. The molecule has 0 fully saturated rings. The molecule has 0 unspecified atom stereocenters. The first kappa shape index (κ1) is 69.8. The highest BCUT2D eigenvalue weighted by Crippen LogP contribution is 2.25. The first-order valence-corrected chi connectivity index (χ1v) is 22.3. The molecular formula is C54H100N6O2. The van der Waals surface area contributed by atoms with Crippen LogP contribution in [0.25, 0.3) is 0 Å². The first-order valence-electron chi connectivity index (χ1n) is 22.3. The summed E-state index contributed by atoms with van der Waals surface area (Å²) >= 11 is 0. The number of rotatable bonds is 10. The third kappa shape index (κ3) is 41.5. The number of carbonyl (C=O) groups excluding carboxylic acids is 1. The standard InChI is InChI=1S/C17H22N4O.C14H22.C6H14.C5H12O.C4H12N2.C4H10.C2H6.C2H2/c1-12-19-16(20-15(10-11-22)21(12)18-5)13-6-8-14(9-7-13)17(2,3)4;1-8-13(11(2)3)10-9-12(4)14(5,6)7;1-5(2)6(3)4;1-4-5(2,3)6;1-6(2)4-3-5;1-4(2)3;2*1-2/h6-11,18H,1-5H3;8-10H,1-2H2,3-7H3;5-6H,1-4H3;6H,4H2,1-3H3;3-5H2,1-2H3;4H,1-3H3;1-2H3;1-2H/b15-10-;12-9+,13-10+;;;;;;. The molecule has 4 N–H and O–H groups in total. The number of aliphatic hydroxyl groups is 1. The molecule has 8 heteroatoms. The van der Waals surface area contributed by atoms with Gasteiger partial charge in [-0.25, -0.2) is 20.4 Å². The third-order valence-corrected chi connectivity index (χ3v) is 8.67. The van der Waals surface area contributed by atoms with Crippen molar-refractivity contribution in [3.05, 3.63) is 95.4 Å². The maximum Gasteiger partial charge on any atom is 0.163 e. The minimum atomic E-state index is -0.458. The van der Waals surface area contributed by atoms with Gasteiger partial charge >= 0.3 is 0 Å². The van der Waals surface area contributed by atoms with Gasteiger partial charge in [-0.3, -0.25) is 4.79 Å². The molecule has 2 rings (SSSR count). The van der Waals surface area contributed by atoms with Crippen molar-refractivity contribution in [2.45, 2.75) is 163 Å². The van der Waals surface area contributed by atoms with Crippen molar-refractivity contribution in [2.75, 3.05) is 34.2 Å². The van der Waals surface area contributed by atoms with E-state index < -0.39 is 5.60 Å². The van der Waals surface area contributed by atoms with Crippen LogP contribution in [-0.4, -0.2) is 72.8 Å². The van der Waals surface area contributed by atoms with Gasteiger partial charge in [0.1, 0.15) is 12.1 Å². The number of amidine groups is 2. The Hall–Kier alpha value is -3.87. The number of hydrogen-bond donors (Lipinski definition) is 3. The third-order valence-electron chi connectivity index (χ3n) is 8.67. The Morgan fingerprint density at radius 3 is 1.56 bits per heavy atom. The molecule has 8 nitrogen and oxygen atoms in total. The molecule has 0 aliphatic carbocycles. The molecule has 1 heterocycles. The number of terminal acetylenes is 1. The maximum atomic E-state index is 10.8. The Balaban J connectivity index is -0.000000168. The molecule has 0 aromatic heterocycles. The van der Waals surface area contributed by atoms with Crippen LogP contribution in [0.2, 0.25) is 0 Å². The van der Waals surface area contributed by atoms with Gasteiger partial charge in [0.2, 0.25) is 0 Å². The number of aliphatic imine (C=N–C) groups is 2. The molecule has 0 atom stereocenters. The van der Waals surface area contributed by atoms with E-state index in [4.69, 9.17) is 10.8 Å². The summed E-state index contributed by atoms with van der Waals surface area (Å²) in [7, 11) is 5.77. The van der Waals surface area contributed by atoms with E-state index in [9.17, 15) is 4.79 Å². The quantitative estimate of drug-likeness (QED) is 0.0936. The van der Waals surface area contributed by atoms with Gasteiger partial charge in [0.05, 0.1) is 5.60 Å². The number of allylic oxidation sites excluding steroid dienone is 7. The van der Waals surface area contributed by atoms with Crippen LogP contribution >= 0.6 is 0 Å². The van der Waals surface area contributed by atoms with Crippen LogP contribution in [0.1, 0.15) is 163 Å². The number of carbonyl (C=O) groups is 1. The van der Waals surface area contributed by atoms with Gasteiger partial charge in [0, 0.05) is 31.8 Å². The smallest absolute Gasteiger partial charge is 0.163 e. The molecule has 0 amide bonds. The average molecular weight is 865 g/mol. The molecule has 0 saturated carbocycles. The molecule has 62 heavy (non-hydrogen) atoms. The Kier molecular flexibility index (Phi) is 43.7. The zero-order chi connectivity index (χ0) is 50.6. The van der Waals surface area contributed by atoms with Crippen molar-refractivity contribution in [2.24, 2.45) is 38.9 Å². The number of hydrazine groups is 1. The summed E-state index contributed by atoms with van der Waals surface area (Å²) in [5.41, 5.74) is 13.7. The van der Waals surface area contributed by atoms with E-state index in [1.165, 1.54) is 17.2 Å². The zero-order valence-corrected chi connectivity index (χ0v) is 44.8. The lowest BCUT2D eigenvalue weighted by Crippen LogP contribution is -2.40. The second kappa shape index (κ2) is 38.8. The first-order chi connectivity index (χ1) is 28.4. The Labute approximate surface area is 386 Å². The van der Waals surface area contributed by atoms with E-state index in [0.29, 0.717) is 11.7 Å². The fourth-order valence-electron chi connectivity index (χ4n) is 3.36. The second-order valence-corrected chi connectivity index (χ2v) is 18.8. The van der Waals surface area contributed by atoms with Crippen LogP contribution in [0.4, 0.5) is 0 Å². The van der Waals surface area contributed by atoms with Gasteiger partial charge in [0.25, 0.3) is 0 Å². The van der Waals surface area contributed by atoms with Crippen molar-refractivity contribution in [3.8, 4) is 12.8 Å². The molecule has 1 aliphatic rings. The van der Waals surface area contributed by atoms with E-state index in [1.54, 1.807) is 25.9 Å². The number of nitrogens with two attached hydrogens (primary N) is 1. The zero-order valence-electron chi connectivity index (χ0n) is 44.8. The van der Waals surface area contributed by atoms with E-state index in [0.717, 1.165) is 66.1 Å². The van der Waals surface area contributed by atoms with Crippen molar-refractivity contribution in [1.82, 2.24) is 15.3 Å². The van der Waals surface area contributed by atoms with Gasteiger partial charge in [-0.2, -0.15) is 0 Å². The lowest BCUT2D eigenvalue weighted by Gasteiger charge is -2.26. The molecular weight excluding hydrogens is 765 g/mol. The fourth-order valence-corrected chi connectivity index (χ4v) is 3.36. The van der Waals surface area contributed by atoms with Gasteiger partial charge in [-0.05, 0) is 94.9 Å². The van der Waals surface area contributed by atoms with Gasteiger partial charge in [-0.15, -0.1) is 12.8 Å². The van der Waals surface area contributed by atoms with Crippen LogP contribution in [-0.2, 0) is 10.2 Å².